The zero-order valence-electron chi connectivity index (χ0n) is 7.09. The monoisotopic (exact) mass is 209 g/mol. The van der Waals surface area contributed by atoms with Crippen molar-refractivity contribution in [1.29, 1.82) is 0 Å². The zero-order valence-corrected chi connectivity index (χ0v) is 8.61. The summed E-state index contributed by atoms with van der Waals surface area (Å²) < 4.78 is 0. The maximum Gasteiger partial charge on any atom is 0.254 e. The lowest BCUT2D eigenvalue weighted by molar-refractivity contribution is -0.115. The summed E-state index contributed by atoms with van der Waals surface area (Å²) in [6, 6.07) is 0.379. The van der Waals surface area contributed by atoms with Gasteiger partial charge >= 0.3 is 0 Å². The van der Waals surface area contributed by atoms with Crippen molar-refractivity contribution < 1.29 is 4.79 Å². The van der Waals surface area contributed by atoms with Crippen molar-refractivity contribution in [3.05, 3.63) is 0 Å². The number of halogens is 2. The van der Waals surface area contributed by atoms with Crippen molar-refractivity contribution in [2.75, 3.05) is 6.54 Å². The van der Waals surface area contributed by atoms with E-state index < -0.39 is 10.7 Å². The topological polar surface area (TPSA) is 20.3 Å². The van der Waals surface area contributed by atoms with E-state index in [1.165, 1.54) is 6.42 Å². The van der Waals surface area contributed by atoms with Crippen LogP contribution in [0.15, 0.2) is 0 Å². The molecule has 0 aromatic carbocycles. The molecule has 0 radical (unpaired) electrons. The minimum Gasteiger partial charge on any atom is -0.278 e. The van der Waals surface area contributed by atoms with Crippen molar-refractivity contribution in [2.45, 2.75) is 37.7 Å². The van der Waals surface area contributed by atoms with E-state index >= 15 is 0 Å². The standard InChI is InChI=1S/C8H13Cl2NO/c1-6-4-2-3-5-11(6)7(9)8(10)12/h6-7H,2-5H2,1H3. The first kappa shape index (κ1) is 10.3. The fourth-order valence-corrected chi connectivity index (χ4v) is 2.00. The Hall–Kier alpha value is 0.210. The third-order valence-corrected chi connectivity index (χ3v) is 3.10. The van der Waals surface area contributed by atoms with Crippen molar-refractivity contribution in [1.82, 2.24) is 4.90 Å². The van der Waals surface area contributed by atoms with Gasteiger partial charge in [0.25, 0.3) is 5.24 Å². The molecule has 1 aliphatic heterocycles. The van der Waals surface area contributed by atoms with E-state index in [0.717, 1.165) is 19.4 Å². The van der Waals surface area contributed by atoms with Gasteiger partial charge < -0.3 is 0 Å². The number of nitrogens with zero attached hydrogens (tertiary/aromatic N) is 1. The van der Waals surface area contributed by atoms with Gasteiger partial charge in [0.1, 0.15) is 0 Å². The van der Waals surface area contributed by atoms with Gasteiger partial charge in [-0.1, -0.05) is 18.0 Å². The Morgan fingerprint density at radius 1 is 1.58 bits per heavy atom. The molecule has 0 spiro atoms. The van der Waals surface area contributed by atoms with Crippen LogP contribution in [0.3, 0.4) is 0 Å². The molecule has 0 bridgehead atoms. The van der Waals surface area contributed by atoms with E-state index in [0.29, 0.717) is 6.04 Å². The highest BCUT2D eigenvalue weighted by molar-refractivity contribution is 6.69. The molecule has 1 heterocycles. The third-order valence-electron chi connectivity index (χ3n) is 2.33. The van der Waals surface area contributed by atoms with Crippen LogP contribution in [0.25, 0.3) is 0 Å². The van der Waals surface area contributed by atoms with Crippen LogP contribution < -0.4 is 0 Å². The molecule has 0 amide bonds. The van der Waals surface area contributed by atoms with Crippen LogP contribution in [-0.4, -0.2) is 28.2 Å². The SMILES string of the molecule is CC1CCCCN1C(Cl)C(=O)Cl. The number of hydrogen-bond donors (Lipinski definition) is 0. The molecule has 0 saturated carbocycles. The fraction of sp³-hybridized carbons (Fsp3) is 0.875. The molecule has 0 N–H and O–H groups in total. The lowest BCUT2D eigenvalue weighted by Crippen LogP contribution is -2.44. The van der Waals surface area contributed by atoms with Crippen LogP contribution in [0.5, 0.6) is 0 Å². The van der Waals surface area contributed by atoms with Gasteiger partial charge in [0, 0.05) is 12.6 Å². The Morgan fingerprint density at radius 2 is 2.25 bits per heavy atom. The molecule has 4 heteroatoms. The predicted molar refractivity (Wildman–Crippen MR) is 50.5 cm³/mol. The second kappa shape index (κ2) is 4.45. The van der Waals surface area contributed by atoms with E-state index in [1.807, 2.05) is 4.90 Å². The minimum absolute atomic E-state index is 0.379. The van der Waals surface area contributed by atoms with Crippen LogP contribution in [0.1, 0.15) is 26.2 Å². The maximum atomic E-state index is 10.8. The van der Waals surface area contributed by atoms with Gasteiger partial charge in [0.05, 0.1) is 0 Å². The predicted octanol–water partition coefficient (Wildman–Crippen LogP) is 2.19. The van der Waals surface area contributed by atoms with Crippen LogP contribution in [-0.2, 0) is 4.79 Å². The molecule has 12 heavy (non-hydrogen) atoms. The summed E-state index contributed by atoms with van der Waals surface area (Å²) in [5, 5.41) is -0.467. The smallest absolute Gasteiger partial charge is 0.254 e. The van der Waals surface area contributed by atoms with Gasteiger partial charge in [-0.15, -0.1) is 0 Å². The Balaban J connectivity index is 2.53. The number of piperidine rings is 1. The Labute approximate surface area is 82.8 Å². The van der Waals surface area contributed by atoms with Crippen LogP contribution >= 0.6 is 23.2 Å². The first-order valence-electron chi connectivity index (χ1n) is 4.22. The summed E-state index contributed by atoms with van der Waals surface area (Å²) in [4.78, 5) is 12.7. The average molecular weight is 210 g/mol. The summed E-state index contributed by atoms with van der Waals surface area (Å²) in [5.41, 5.74) is -0.637. The number of likely N-dealkylation sites (tertiary alicyclic amines) is 1. The van der Waals surface area contributed by atoms with Gasteiger partial charge in [0.15, 0.2) is 5.50 Å². The molecule has 70 valence electrons. The summed E-state index contributed by atoms with van der Waals surface area (Å²) in [6.45, 7) is 2.96. The van der Waals surface area contributed by atoms with Crippen molar-refractivity contribution in [3.8, 4) is 0 Å². The van der Waals surface area contributed by atoms with Gasteiger partial charge in [-0.3, -0.25) is 9.69 Å². The molecule has 2 unspecified atom stereocenters. The van der Waals surface area contributed by atoms with Crippen molar-refractivity contribution >= 4 is 28.4 Å². The molecule has 1 rings (SSSR count). The van der Waals surface area contributed by atoms with E-state index in [2.05, 4.69) is 6.92 Å². The normalized spacial score (nSPS) is 28.4. The highest BCUT2D eigenvalue weighted by Gasteiger charge is 2.28. The maximum absolute atomic E-state index is 10.8. The van der Waals surface area contributed by atoms with Gasteiger partial charge in [0.2, 0.25) is 0 Å². The largest absolute Gasteiger partial charge is 0.278 e. The fourth-order valence-electron chi connectivity index (χ4n) is 1.59. The number of alkyl halides is 1. The molecule has 0 aliphatic carbocycles. The summed E-state index contributed by atoms with van der Waals surface area (Å²) >= 11 is 11.1. The molecule has 1 aliphatic rings. The summed E-state index contributed by atoms with van der Waals surface area (Å²) in [6.07, 6.45) is 3.43. The quantitative estimate of drug-likeness (QED) is 0.395. The van der Waals surface area contributed by atoms with E-state index in [9.17, 15) is 4.79 Å². The van der Waals surface area contributed by atoms with E-state index in [-0.39, 0.29) is 0 Å². The van der Waals surface area contributed by atoms with Crippen LogP contribution in [0.2, 0.25) is 0 Å². The Bertz CT molecular complexity index is 174. The van der Waals surface area contributed by atoms with E-state index in [4.69, 9.17) is 23.2 Å². The van der Waals surface area contributed by atoms with Gasteiger partial charge in [-0.25, -0.2) is 0 Å². The molecule has 1 fully saturated rings. The average Bonchev–Trinajstić information content (AvgIpc) is 2.04. The summed E-state index contributed by atoms with van der Waals surface area (Å²) in [5.74, 6) is 0. The number of carbonyl (C=O) groups excluding carboxylic acids is 1. The zero-order chi connectivity index (χ0) is 9.14. The molecule has 2 nitrogen and oxygen atoms in total. The van der Waals surface area contributed by atoms with E-state index in [1.54, 1.807) is 0 Å². The highest BCUT2D eigenvalue weighted by Crippen LogP contribution is 2.21. The second-order valence-electron chi connectivity index (χ2n) is 3.22. The highest BCUT2D eigenvalue weighted by atomic mass is 35.5. The number of hydrogen-bond acceptors (Lipinski definition) is 2. The minimum atomic E-state index is -0.637. The second-order valence-corrected chi connectivity index (χ2v) is 4.01. The Morgan fingerprint density at radius 3 is 2.75 bits per heavy atom. The lowest BCUT2D eigenvalue weighted by Gasteiger charge is -2.34. The van der Waals surface area contributed by atoms with Crippen molar-refractivity contribution in [2.24, 2.45) is 0 Å². The third kappa shape index (κ3) is 2.35. The molecule has 1 saturated heterocycles. The van der Waals surface area contributed by atoms with Gasteiger partial charge in [-0.05, 0) is 31.4 Å². The van der Waals surface area contributed by atoms with Crippen LogP contribution in [0.4, 0.5) is 0 Å². The first-order chi connectivity index (χ1) is 5.63. The first-order valence-corrected chi connectivity index (χ1v) is 5.03. The van der Waals surface area contributed by atoms with Crippen molar-refractivity contribution in [3.63, 3.8) is 0 Å². The molecular weight excluding hydrogens is 197 g/mol. The molecule has 0 aromatic heterocycles. The summed E-state index contributed by atoms with van der Waals surface area (Å²) in [7, 11) is 0. The van der Waals surface area contributed by atoms with Gasteiger partial charge in [-0.2, -0.15) is 0 Å². The molecular formula is C8H13Cl2NO. The number of carbonyl (C=O) groups is 1. The van der Waals surface area contributed by atoms with Crippen LogP contribution in [0, 0.1) is 0 Å². The molecule has 2 atom stereocenters. The lowest BCUT2D eigenvalue weighted by atomic mass is 10.0. The number of rotatable bonds is 2. The Kier molecular flexibility index (Phi) is 3.81. The molecule has 0 aromatic rings.